The Morgan fingerprint density at radius 3 is 1.16 bits per heavy atom. The van der Waals surface area contributed by atoms with Gasteiger partial charge < -0.3 is 9.97 Å². The Morgan fingerprint density at radius 1 is 0.490 bits per heavy atom. The minimum absolute atomic E-state index is 0. The Labute approximate surface area is 313 Å². The molecule has 5 rings (SSSR count). The fourth-order valence-electron chi connectivity index (χ4n) is 8.42. The molecule has 3 aromatic heterocycles. The summed E-state index contributed by atoms with van der Waals surface area (Å²) >= 11 is 0. The number of hydrogen-bond donors (Lipinski definition) is 0. The molecule has 0 unspecified atom stereocenters. The number of hydrogen-bond acceptors (Lipinski definition) is 2. The van der Waals surface area contributed by atoms with Crippen LogP contribution in [0.3, 0.4) is 0 Å². The van der Waals surface area contributed by atoms with Crippen LogP contribution >= 0.6 is 0 Å². The molecule has 0 aliphatic carbocycles. The summed E-state index contributed by atoms with van der Waals surface area (Å²) in [6.45, 7) is 28.2. The van der Waals surface area contributed by atoms with E-state index in [-0.39, 0.29) is 23.1 Å². The van der Waals surface area contributed by atoms with Gasteiger partial charge in [-0.05, 0) is 57.6 Å². The van der Waals surface area contributed by atoms with Gasteiger partial charge in [-0.3, -0.25) is 0 Å². The molecule has 0 spiro atoms. The summed E-state index contributed by atoms with van der Waals surface area (Å²) in [5.41, 5.74) is 19.6. The molecule has 2 aliphatic rings. The van der Waals surface area contributed by atoms with E-state index in [2.05, 4.69) is 142 Å². The minimum Gasteiger partial charge on any atom is -0.657 e. The maximum atomic E-state index is 5.29. The smallest absolute Gasteiger partial charge is 0.657 e. The average molecular weight is 693 g/mol. The molecule has 0 radical (unpaired) electrons. The third-order valence-electron chi connectivity index (χ3n) is 10.8. The van der Waals surface area contributed by atoms with Gasteiger partial charge in [0.25, 0.3) is 0 Å². The predicted molar refractivity (Wildman–Crippen MR) is 218 cm³/mol. The second-order valence-electron chi connectivity index (χ2n) is 15.4. The van der Waals surface area contributed by atoms with Gasteiger partial charge in [0.2, 0.25) is 0 Å². The second kappa shape index (κ2) is 15.4. The van der Waals surface area contributed by atoms with Crippen molar-refractivity contribution in [2.75, 3.05) is 0 Å². The summed E-state index contributed by atoms with van der Waals surface area (Å²) in [5.74, 6) is 7.46. The molecule has 0 saturated carbocycles. The fourth-order valence-corrected chi connectivity index (χ4v) is 18.8. The summed E-state index contributed by atoms with van der Waals surface area (Å²) < 4.78 is 0. The first-order valence-corrected chi connectivity index (χ1v) is 22.2. The SMILES string of the molecule is CC(C)[Si](C#Cc1c2nc(c(C#C[Si](C(C)C)(C(C)C)C(C)C)c3ccc(cc4nc(cc5ccc1[n-]5)C=C4)[n-]3)C=C2)(C(C)C)C(C)C.[Mg+2]. The molecule has 4 nitrogen and oxygen atoms in total. The van der Waals surface area contributed by atoms with Crippen LogP contribution in [-0.2, 0) is 0 Å². The quantitative estimate of drug-likeness (QED) is 0.131. The Hall–Kier alpha value is -3.08. The monoisotopic (exact) mass is 692 g/mol. The van der Waals surface area contributed by atoms with Crippen LogP contribution in [0.15, 0.2) is 36.4 Å². The molecule has 0 saturated heterocycles. The van der Waals surface area contributed by atoms with Crippen molar-refractivity contribution in [1.82, 2.24) is 19.9 Å². The molecule has 49 heavy (non-hydrogen) atoms. The summed E-state index contributed by atoms with van der Waals surface area (Å²) in [4.78, 5) is 20.3. The van der Waals surface area contributed by atoms with Crippen LogP contribution in [-0.4, -0.2) is 49.2 Å². The van der Waals surface area contributed by atoms with E-state index in [4.69, 9.17) is 19.9 Å². The molecule has 8 bridgehead atoms. The average Bonchev–Trinajstić information content (AvgIpc) is 3.82. The minimum atomic E-state index is -2.02. The van der Waals surface area contributed by atoms with Gasteiger partial charge >= 0.3 is 23.1 Å². The zero-order valence-electron chi connectivity index (χ0n) is 31.7. The van der Waals surface area contributed by atoms with Crippen molar-refractivity contribution < 1.29 is 0 Å². The molecular formula is C42H52MgN4Si2. The van der Waals surface area contributed by atoms with Gasteiger partial charge in [0, 0.05) is 11.1 Å². The molecule has 0 amide bonds. The third kappa shape index (κ3) is 7.52. The van der Waals surface area contributed by atoms with Crippen LogP contribution in [0.4, 0.5) is 0 Å². The molecule has 0 atom stereocenters. The van der Waals surface area contributed by atoms with Gasteiger partial charge in [-0.15, -0.1) is 33.2 Å². The maximum Gasteiger partial charge on any atom is 2.00 e. The third-order valence-corrected chi connectivity index (χ3v) is 23.4. The normalized spacial score (nSPS) is 12.9. The van der Waals surface area contributed by atoms with Crippen molar-refractivity contribution in [3.63, 3.8) is 0 Å². The first-order valence-electron chi connectivity index (χ1n) is 17.7. The van der Waals surface area contributed by atoms with Crippen molar-refractivity contribution in [2.24, 2.45) is 0 Å². The molecule has 0 aromatic carbocycles. The zero-order chi connectivity index (χ0) is 35.0. The van der Waals surface area contributed by atoms with Crippen LogP contribution in [0.5, 0.6) is 0 Å². The molecule has 0 N–H and O–H groups in total. The van der Waals surface area contributed by atoms with Crippen molar-refractivity contribution in [2.45, 2.75) is 116 Å². The summed E-state index contributed by atoms with van der Waals surface area (Å²) in [5, 5.41) is 0. The topological polar surface area (TPSA) is 54.0 Å². The molecule has 250 valence electrons. The second-order valence-corrected chi connectivity index (χ2v) is 26.5. The van der Waals surface area contributed by atoms with E-state index in [1.165, 1.54) is 0 Å². The molecule has 7 heteroatoms. The van der Waals surface area contributed by atoms with Crippen LogP contribution in [0.2, 0.25) is 33.2 Å². The Morgan fingerprint density at radius 2 is 0.837 bits per heavy atom. The molecule has 3 aromatic rings. The van der Waals surface area contributed by atoms with E-state index in [1.54, 1.807) is 0 Å². The van der Waals surface area contributed by atoms with Gasteiger partial charge in [-0.1, -0.05) is 131 Å². The van der Waals surface area contributed by atoms with Gasteiger partial charge in [0.05, 0.1) is 22.8 Å². The van der Waals surface area contributed by atoms with E-state index in [0.29, 0.717) is 33.2 Å². The van der Waals surface area contributed by atoms with E-state index in [9.17, 15) is 0 Å². The Balaban J connectivity index is 0.00000541. The van der Waals surface area contributed by atoms with E-state index < -0.39 is 16.1 Å². The Bertz CT molecular complexity index is 1850. The van der Waals surface area contributed by atoms with Gasteiger partial charge in [-0.25, -0.2) is 9.97 Å². The molecule has 0 fully saturated rings. The number of rotatable bonds is 6. The van der Waals surface area contributed by atoms with Gasteiger partial charge in [0.15, 0.2) is 0 Å². The van der Waals surface area contributed by atoms with Crippen molar-refractivity contribution in [3.8, 4) is 22.9 Å². The van der Waals surface area contributed by atoms with Gasteiger partial charge in [-0.2, -0.15) is 0 Å². The van der Waals surface area contributed by atoms with E-state index >= 15 is 0 Å². The standard InChI is InChI=1S/C42H52N4Si2.Mg/c1-27(2)47(28(3)4,29(5)6)23-21-37-39-17-15-35(44-39)25-33-13-14-34(43-33)26-36-16-18-40(45-36)38(42-20-19-41(37)46-42)22-24-48(30(7)8,31(9)10)32(11)12;/h13-20,25-32H,1-12H3;/q-2;+2. The van der Waals surface area contributed by atoms with Crippen molar-refractivity contribution in [3.05, 3.63) is 70.3 Å². The largest absolute Gasteiger partial charge is 2.00 e. The summed E-state index contributed by atoms with van der Waals surface area (Å²) in [6.07, 6.45) is 8.25. The maximum absolute atomic E-state index is 5.29. The number of nitrogens with zero attached hydrogens (tertiary/aromatic N) is 4. The van der Waals surface area contributed by atoms with Crippen LogP contribution in [0.25, 0.3) is 46.4 Å². The predicted octanol–water partition coefficient (Wildman–Crippen LogP) is 10.7. The molecule has 5 heterocycles. The van der Waals surface area contributed by atoms with Crippen LogP contribution < -0.4 is 9.97 Å². The van der Waals surface area contributed by atoms with Crippen LogP contribution in [0, 0.1) is 22.9 Å². The fraction of sp³-hybridized carbons (Fsp3) is 0.429. The molecular weight excluding hydrogens is 641 g/mol. The first-order chi connectivity index (χ1) is 22.7. The molecule has 2 aliphatic heterocycles. The van der Waals surface area contributed by atoms with Crippen molar-refractivity contribution >= 4 is 85.6 Å². The Kier molecular flexibility index (Phi) is 12.2. The zero-order valence-corrected chi connectivity index (χ0v) is 35.1. The van der Waals surface area contributed by atoms with E-state index in [1.807, 2.05) is 24.3 Å². The number of aromatic nitrogens is 4. The van der Waals surface area contributed by atoms with Crippen molar-refractivity contribution in [1.29, 1.82) is 0 Å². The number of fused-ring (bicyclic) bond motifs is 8. The van der Waals surface area contributed by atoms with Crippen LogP contribution in [0.1, 0.15) is 117 Å². The first kappa shape index (κ1) is 38.7. The summed E-state index contributed by atoms with van der Waals surface area (Å²) in [7, 11) is -4.04. The summed E-state index contributed by atoms with van der Waals surface area (Å²) in [6, 6.07) is 12.3. The van der Waals surface area contributed by atoms with Gasteiger partial charge in [0.1, 0.15) is 16.1 Å². The van der Waals surface area contributed by atoms with E-state index in [0.717, 1.165) is 56.0 Å².